The maximum absolute atomic E-state index is 12.4. The van der Waals surface area contributed by atoms with Crippen LogP contribution >= 0.6 is 0 Å². The average Bonchev–Trinajstić information content (AvgIpc) is 3.17. The number of nitrogens with two attached hydrogens (primary N) is 2. The monoisotopic (exact) mass is 459 g/mol. The number of carbonyl (C=O) groups excluding carboxylic acids is 3. The van der Waals surface area contributed by atoms with Crippen LogP contribution in [0.2, 0.25) is 0 Å². The van der Waals surface area contributed by atoms with Crippen molar-refractivity contribution in [3.63, 3.8) is 0 Å². The molecule has 180 valence electrons. The lowest BCUT2D eigenvalue weighted by Gasteiger charge is -2.47. The van der Waals surface area contributed by atoms with Crippen LogP contribution in [0, 0.1) is 0 Å². The van der Waals surface area contributed by atoms with E-state index in [9.17, 15) is 29.7 Å². The van der Waals surface area contributed by atoms with Gasteiger partial charge < -0.3 is 56.7 Å². The predicted octanol–water partition coefficient (Wildman–Crippen LogP) is -5.57. The third-order valence-electron chi connectivity index (χ3n) is 5.83. The smallest absolute Gasteiger partial charge is 0.404 e. The van der Waals surface area contributed by atoms with Gasteiger partial charge in [0, 0.05) is 20.6 Å². The minimum absolute atomic E-state index is 0.0875. The molecule has 3 heterocycles. The normalized spacial score (nSPS) is 36.6. The molecule has 3 rings (SSSR count). The van der Waals surface area contributed by atoms with Crippen molar-refractivity contribution in [3.05, 3.63) is 0 Å². The number of ether oxygens (including phenoxy) is 2. The first-order valence-electron chi connectivity index (χ1n) is 9.99. The summed E-state index contributed by atoms with van der Waals surface area (Å²) in [4.78, 5) is 42.7. The third kappa shape index (κ3) is 4.42. The maximum atomic E-state index is 12.4. The van der Waals surface area contributed by atoms with Crippen molar-refractivity contribution in [2.45, 2.75) is 48.8 Å². The molecule has 0 unspecified atom stereocenters. The lowest BCUT2D eigenvalue weighted by Crippen LogP contribution is -2.70. The molecule has 0 aromatic heterocycles. The Morgan fingerprint density at radius 1 is 1.44 bits per heavy atom. The standard InChI is InChI=1S/C17H29N7O8/c1-23-4-6(26)9-10(15(23)29)21-17(20-9)22-14-11(24(2)8(27)3-18)12(28)13(32-16(19)30)7(5-25)31-14/h6-7,9-14,25-26,28H,3-5,18H2,1-2H3,(H2,19,30)(H2,20,21,22)/t6-,7+,9-,10+,11-,12-,13+,14-/m1/s1. The average molecular weight is 459 g/mol. The van der Waals surface area contributed by atoms with Gasteiger partial charge in [0.1, 0.15) is 18.2 Å². The van der Waals surface area contributed by atoms with E-state index < -0.39 is 67.4 Å². The summed E-state index contributed by atoms with van der Waals surface area (Å²) in [6.45, 7) is -0.876. The Bertz CT molecular complexity index is 782. The predicted molar refractivity (Wildman–Crippen MR) is 107 cm³/mol. The summed E-state index contributed by atoms with van der Waals surface area (Å²) in [7, 11) is 2.92. The minimum atomic E-state index is -1.52. The minimum Gasteiger partial charge on any atom is -0.441 e. The van der Waals surface area contributed by atoms with Crippen molar-refractivity contribution >= 4 is 23.9 Å². The fourth-order valence-corrected chi connectivity index (χ4v) is 4.16. The highest BCUT2D eigenvalue weighted by atomic mass is 16.6. The van der Waals surface area contributed by atoms with Crippen LogP contribution in [0.4, 0.5) is 4.79 Å². The van der Waals surface area contributed by atoms with Crippen LogP contribution in [0.25, 0.3) is 0 Å². The number of β-amino-alcohol motifs (C(OH)–C–C–N with tert-alkyl or cyclic N) is 1. The van der Waals surface area contributed by atoms with Gasteiger partial charge in [-0.1, -0.05) is 0 Å². The molecule has 0 aromatic rings. The molecule has 0 aromatic carbocycles. The Morgan fingerprint density at radius 2 is 2.12 bits per heavy atom. The van der Waals surface area contributed by atoms with E-state index in [-0.39, 0.29) is 25.0 Å². The fraction of sp³-hybridized carbons (Fsp3) is 0.765. The van der Waals surface area contributed by atoms with Gasteiger partial charge in [-0.2, -0.15) is 0 Å². The molecule has 3 amide bonds. The van der Waals surface area contributed by atoms with Crippen LogP contribution in [-0.4, -0.2) is 132 Å². The first kappa shape index (κ1) is 23.9. The number of primary amides is 1. The van der Waals surface area contributed by atoms with Crippen LogP contribution in [0.15, 0.2) is 4.99 Å². The van der Waals surface area contributed by atoms with Gasteiger partial charge in [-0.3, -0.25) is 9.59 Å². The largest absolute Gasteiger partial charge is 0.441 e. The number of hydrogen-bond donors (Lipinski definition) is 7. The second kappa shape index (κ2) is 9.41. The highest BCUT2D eigenvalue weighted by Crippen LogP contribution is 2.27. The summed E-state index contributed by atoms with van der Waals surface area (Å²) in [6.07, 6.45) is -7.31. The summed E-state index contributed by atoms with van der Waals surface area (Å²) in [5.41, 5.74) is 10.5. The van der Waals surface area contributed by atoms with Crippen molar-refractivity contribution in [1.29, 1.82) is 0 Å². The molecule has 8 atom stereocenters. The number of aliphatic hydroxyl groups excluding tert-OH is 3. The Labute approximate surface area is 183 Å². The van der Waals surface area contributed by atoms with Crippen LogP contribution in [0.1, 0.15) is 0 Å². The third-order valence-corrected chi connectivity index (χ3v) is 5.83. The van der Waals surface area contributed by atoms with Crippen molar-refractivity contribution in [2.24, 2.45) is 16.5 Å². The summed E-state index contributed by atoms with van der Waals surface area (Å²) >= 11 is 0. The van der Waals surface area contributed by atoms with Gasteiger partial charge in [0.2, 0.25) is 11.8 Å². The van der Waals surface area contributed by atoms with Gasteiger partial charge in [0.05, 0.1) is 25.3 Å². The van der Waals surface area contributed by atoms with Crippen LogP contribution in [0.5, 0.6) is 0 Å². The molecule has 0 bridgehead atoms. The van der Waals surface area contributed by atoms with Gasteiger partial charge in [-0.05, 0) is 0 Å². The number of aliphatic imine (C=N–C) groups is 1. The molecule has 3 aliphatic heterocycles. The maximum Gasteiger partial charge on any atom is 0.404 e. The van der Waals surface area contributed by atoms with E-state index in [2.05, 4.69) is 15.6 Å². The van der Waals surface area contributed by atoms with Crippen LogP contribution in [-0.2, 0) is 19.1 Å². The van der Waals surface area contributed by atoms with Crippen molar-refractivity contribution < 1.29 is 39.2 Å². The number of hydrogen-bond acceptors (Lipinski definition) is 12. The number of piperidine rings is 1. The molecule has 0 radical (unpaired) electrons. The fourth-order valence-electron chi connectivity index (χ4n) is 4.16. The molecule has 15 heteroatoms. The Morgan fingerprint density at radius 3 is 2.72 bits per heavy atom. The molecule has 9 N–H and O–H groups in total. The number of likely N-dealkylation sites (N-methyl/N-ethyl adjacent to an activating group) is 2. The number of amides is 3. The summed E-state index contributed by atoms with van der Waals surface area (Å²) in [5.74, 6) is -0.749. The number of guanidine groups is 1. The van der Waals surface area contributed by atoms with Crippen LogP contribution in [0.3, 0.4) is 0 Å². The quantitative estimate of drug-likeness (QED) is 0.205. The second-order valence-electron chi connectivity index (χ2n) is 7.89. The summed E-state index contributed by atoms with van der Waals surface area (Å²) in [5, 5.41) is 36.7. The number of aliphatic hydroxyl groups is 3. The van der Waals surface area contributed by atoms with Gasteiger partial charge in [0.25, 0.3) is 0 Å². The van der Waals surface area contributed by atoms with E-state index in [0.717, 1.165) is 4.90 Å². The van der Waals surface area contributed by atoms with E-state index in [0.29, 0.717) is 0 Å². The first-order valence-corrected chi connectivity index (χ1v) is 9.99. The van der Waals surface area contributed by atoms with Crippen molar-refractivity contribution in [3.8, 4) is 0 Å². The zero-order chi connectivity index (χ0) is 23.7. The Kier molecular flexibility index (Phi) is 7.04. The van der Waals surface area contributed by atoms with Gasteiger partial charge in [0.15, 0.2) is 24.3 Å². The van der Waals surface area contributed by atoms with E-state index in [1.807, 2.05) is 0 Å². The molecular weight excluding hydrogens is 430 g/mol. The number of fused-ring (bicyclic) bond motifs is 1. The molecule has 3 aliphatic rings. The zero-order valence-electron chi connectivity index (χ0n) is 17.6. The second-order valence-corrected chi connectivity index (χ2v) is 7.89. The van der Waals surface area contributed by atoms with E-state index in [1.54, 1.807) is 7.05 Å². The molecule has 15 nitrogen and oxygen atoms in total. The zero-order valence-corrected chi connectivity index (χ0v) is 17.6. The number of nitrogens with zero attached hydrogens (tertiary/aromatic N) is 3. The molecule has 2 saturated heterocycles. The van der Waals surface area contributed by atoms with Gasteiger partial charge in [-0.25, -0.2) is 9.79 Å². The summed E-state index contributed by atoms with van der Waals surface area (Å²) in [6, 6.07) is -2.69. The van der Waals surface area contributed by atoms with Gasteiger partial charge in [-0.15, -0.1) is 0 Å². The highest BCUT2D eigenvalue weighted by molar-refractivity contribution is 5.92. The van der Waals surface area contributed by atoms with Crippen molar-refractivity contribution in [2.75, 3.05) is 33.8 Å². The highest BCUT2D eigenvalue weighted by Gasteiger charge is 2.51. The number of carbonyl (C=O) groups is 3. The van der Waals surface area contributed by atoms with E-state index >= 15 is 0 Å². The van der Waals surface area contributed by atoms with E-state index in [1.165, 1.54) is 11.9 Å². The Hall–Kier alpha value is -2.72. The topological polar surface area (TPSA) is 225 Å². The van der Waals surface area contributed by atoms with Crippen LogP contribution < -0.4 is 22.1 Å². The number of rotatable bonds is 5. The number of nitrogens with one attached hydrogen (secondary N) is 2. The lowest BCUT2D eigenvalue weighted by atomic mass is 9.94. The molecule has 0 aliphatic carbocycles. The summed E-state index contributed by atoms with van der Waals surface area (Å²) < 4.78 is 10.7. The lowest BCUT2D eigenvalue weighted by molar-refractivity contribution is -0.214. The van der Waals surface area contributed by atoms with Gasteiger partial charge >= 0.3 is 6.09 Å². The first-order chi connectivity index (χ1) is 15.1. The SMILES string of the molecule is CN1C[C@@H](O)[C@H]2NC(N[C@@H]3O[C@@H](CO)[C@H](OC(N)=O)[C@H](O)[C@H]3N(C)C(=O)CN)=N[C@@H]2C1=O. The molecule has 0 spiro atoms. The Balaban J connectivity index is 1.86. The molecular formula is C17H29N7O8. The molecule has 0 saturated carbocycles. The molecule has 2 fully saturated rings. The van der Waals surface area contributed by atoms with Crippen molar-refractivity contribution in [1.82, 2.24) is 20.4 Å². The number of likely N-dealkylation sites (tertiary alicyclic amines) is 1. The molecule has 32 heavy (non-hydrogen) atoms. The van der Waals surface area contributed by atoms with E-state index in [4.69, 9.17) is 20.9 Å².